The molecule has 2 heterocycles. The van der Waals surface area contributed by atoms with E-state index < -0.39 is 28.5 Å². The number of methoxy groups -OCH3 is 1. The lowest BCUT2D eigenvalue weighted by Gasteiger charge is -2.09. The van der Waals surface area contributed by atoms with Gasteiger partial charge in [-0.3, -0.25) is 10.1 Å². The number of aliphatic hydroxyl groups excluding tert-OH is 2. The quantitative estimate of drug-likeness (QED) is 0.272. The minimum atomic E-state index is -3.39. The van der Waals surface area contributed by atoms with Crippen LogP contribution >= 0.6 is 11.3 Å². The first-order valence-electron chi connectivity index (χ1n) is 10.3. The van der Waals surface area contributed by atoms with Gasteiger partial charge in [0.05, 0.1) is 23.9 Å². The molecule has 1 aliphatic carbocycles. The molecule has 1 fully saturated rings. The summed E-state index contributed by atoms with van der Waals surface area (Å²) in [6, 6.07) is 9.12. The van der Waals surface area contributed by atoms with Crippen molar-refractivity contribution >= 4 is 48.3 Å². The zero-order valence-electron chi connectivity index (χ0n) is 18.0. The molecule has 0 spiro atoms. The SMILES string of the molecule is COc1ccc2nc(NC(=O)/C(=N/OC[C@H](O)CO)c3ccc(S(=O)(=O)C4CC4)cc3)sc2n1. The first kappa shape index (κ1) is 24.0. The number of aliphatic hydroxyl groups is 2. The second kappa shape index (κ2) is 10.0. The molecule has 2 aromatic heterocycles. The van der Waals surface area contributed by atoms with Crippen molar-refractivity contribution in [3.63, 3.8) is 0 Å². The summed E-state index contributed by atoms with van der Waals surface area (Å²) < 4.78 is 30.0. The summed E-state index contributed by atoms with van der Waals surface area (Å²) in [5.41, 5.74) is 0.702. The molecule has 180 valence electrons. The van der Waals surface area contributed by atoms with Gasteiger partial charge in [-0.05, 0) is 31.0 Å². The van der Waals surface area contributed by atoms with Gasteiger partial charge in [0, 0.05) is 11.6 Å². The summed E-state index contributed by atoms with van der Waals surface area (Å²) in [6.45, 7) is -0.876. The van der Waals surface area contributed by atoms with Crippen molar-refractivity contribution in [2.45, 2.75) is 29.1 Å². The third kappa shape index (κ3) is 5.33. The van der Waals surface area contributed by atoms with Crippen molar-refractivity contribution in [2.75, 3.05) is 25.6 Å². The van der Waals surface area contributed by atoms with Crippen LogP contribution in [0.25, 0.3) is 10.3 Å². The van der Waals surface area contributed by atoms with Gasteiger partial charge < -0.3 is 19.8 Å². The topological polar surface area (TPSA) is 160 Å². The van der Waals surface area contributed by atoms with Crippen molar-refractivity contribution in [3.8, 4) is 5.88 Å². The number of benzene rings is 1. The fraction of sp³-hybridized carbons (Fsp3) is 0.333. The molecule has 34 heavy (non-hydrogen) atoms. The number of carbonyl (C=O) groups excluding carboxylic acids is 1. The Morgan fingerprint density at radius 1 is 1.24 bits per heavy atom. The van der Waals surface area contributed by atoms with Crippen LogP contribution in [-0.2, 0) is 19.5 Å². The molecule has 4 rings (SSSR count). The van der Waals surface area contributed by atoms with Gasteiger partial charge in [0.15, 0.2) is 20.7 Å². The van der Waals surface area contributed by atoms with Gasteiger partial charge in [-0.25, -0.2) is 18.4 Å². The van der Waals surface area contributed by atoms with Crippen molar-refractivity contribution in [3.05, 3.63) is 42.0 Å². The Hall–Kier alpha value is -3.13. The van der Waals surface area contributed by atoms with Crippen molar-refractivity contribution in [1.82, 2.24) is 9.97 Å². The van der Waals surface area contributed by atoms with Crippen LogP contribution in [0.4, 0.5) is 5.13 Å². The Morgan fingerprint density at radius 3 is 2.62 bits per heavy atom. The summed E-state index contributed by atoms with van der Waals surface area (Å²) in [4.78, 5) is 27.4. The number of ether oxygens (including phenoxy) is 1. The molecule has 3 N–H and O–H groups in total. The van der Waals surface area contributed by atoms with Gasteiger partial charge in [0.25, 0.3) is 5.91 Å². The summed E-state index contributed by atoms with van der Waals surface area (Å²) >= 11 is 1.13. The lowest BCUT2D eigenvalue weighted by molar-refractivity contribution is -0.110. The number of anilines is 1. The van der Waals surface area contributed by atoms with Crippen LogP contribution in [0, 0.1) is 0 Å². The average molecular weight is 507 g/mol. The minimum absolute atomic E-state index is 0.162. The number of hydrogen-bond acceptors (Lipinski definition) is 11. The van der Waals surface area contributed by atoms with Gasteiger partial charge >= 0.3 is 0 Å². The van der Waals surface area contributed by atoms with E-state index in [1.165, 1.54) is 31.4 Å². The number of aromatic nitrogens is 2. The Morgan fingerprint density at radius 2 is 1.97 bits per heavy atom. The van der Waals surface area contributed by atoms with Crippen LogP contribution in [0.5, 0.6) is 5.88 Å². The molecule has 0 radical (unpaired) electrons. The number of nitrogens with zero attached hydrogens (tertiary/aromatic N) is 3. The molecule has 0 bridgehead atoms. The Labute approximate surface area is 199 Å². The van der Waals surface area contributed by atoms with Gasteiger partial charge in [-0.15, -0.1) is 0 Å². The van der Waals surface area contributed by atoms with Crippen LogP contribution in [0.3, 0.4) is 0 Å². The third-order valence-electron chi connectivity index (χ3n) is 4.93. The van der Waals surface area contributed by atoms with E-state index in [2.05, 4.69) is 20.4 Å². The van der Waals surface area contributed by atoms with Gasteiger partial charge in [-0.1, -0.05) is 28.6 Å². The zero-order chi connectivity index (χ0) is 24.3. The van der Waals surface area contributed by atoms with Crippen LogP contribution < -0.4 is 10.1 Å². The Kier molecular flexibility index (Phi) is 7.07. The van der Waals surface area contributed by atoms with Gasteiger partial charge in [0.2, 0.25) is 5.88 Å². The highest BCUT2D eigenvalue weighted by molar-refractivity contribution is 7.92. The lowest BCUT2D eigenvalue weighted by atomic mass is 10.1. The largest absolute Gasteiger partial charge is 0.481 e. The predicted molar refractivity (Wildman–Crippen MR) is 125 cm³/mol. The summed E-state index contributed by atoms with van der Waals surface area (Å²) in [7, 11) is -1.89. The smallest absolute Gasteiger partial charge is 0.280 e. The van der Waals surface area contributed by atoms with Crippen molar-refractivity contribution in [1.29, 1.82) is 0 Å². The number of amides is 1. The number of pyridine rings is 1. The summed E-state index contributed by atoms with van der Waals surface area (Å²) in [6.07, 6.45) is 0.108. The fourth-order valence-electron chi connectivity index (χ4n) is 2.96. The van der Waals surface area contributed by atoms with E-state index >= 15 is 0 Å². The molecule has 0 aliphatic heterocycles. The molecular weight excluding hydrogens is 484 g/mol. The highest BCUT2D eigenvalue weighted by Crippen LogP contribution is 2.33. The normalized spacial score (nSPS) is 15.2. The first-order valence-corrected chi connectivity index (χ1v) is 12.6. The predicted octanol–water partition coefficient (Wildman–Crippen LogP) is 1.35. The molecule has 1 atom stereocenters. The van der Waals surface area contributed by atoms with E-state index in [4.69, 9.17) is 14.7 Å². The maximum atomic E-state index is 13.0. The van der Waals surface area contributed by atoms with Crippen molar-refractivity contribution < 1.29 is 33.0 Å². The molecule has 13 heteroatoms. The van der Waals surface area contributed by atoms with E-state index in [0.29, 0.717) is 34.6 Å². The number of fused-ring (bicyclic) bond motifs is 1. The molecule has 1 amide bonds. The van der Waals surface area contributed by atoms with Crippen LogP contribution in [0.1, 0.15) is 18.4 Å². The highest BCUT2D eigenvalue weighted by atomic mass is 32.2. The number of carbonyl (C=O) groups is 1. The molecule has 0 unspecified atom stereocenters. The van der Waals surface area contributed by atoms with Gasteiger partial charge in [-0.2, -0.15) is 0 Å². The third-order valence-corrected chi connectivity index (χ3v) is 8.09. The van der Waals surface area contributed by atoms with Crippen LogP contribution in [0.2, 0.25) is 0 Å². The molecular formula is C21H22N4O7S2. The molecule has 0 saturated heterocycles. The Bertz CT molecular complexity index is 1320. The number of hydrogen-bond donors (Lipinski definition) is 3. The maximum absolute atomic E-state index is 13.0. The molecule has 11 nitrogen and oxygen atoms in total. The van der Waals surface area contributed by atoms with E-state index in [0.717, 1.165) is 11.3 Å². The maximum Gasteiger partial charge on any atom is 0.280 e. The van der Waals surface area contributed by atoms with Crippen molar-refractivity contribution in [2.24, 2.45) is 5.16 Å². The summed E-state index contributed by atoms with van der Waals surface area (Å²) in [5.74, 6) is -0.254. The molecule has 1 aliphatic rings. The Balaban J connectivity index is 1.58. The molecule has 1 aromatic carbocycles. The fourth-order valence-corrected chi connectivity index (χ4v) is 5.44. The van der Waals surface area contributed by atoms with Crippen LogP contribution in [0.15, 0.2) is 46.4 Å². The number of oxime groups is 1. The second-order valence-electron chi connectivity index (χ2n) is 7.49. The number of sulfone groups is 1. The van der Waals surface area contributed by atoms with E-state index in [1.807, 2.05) is 0 Å². The number of rotatable bonds is 10. The number of nitrogens with one attached hydrogen (secondary N) is 1. The van der Waals surface area contributed by atoms with Gasteiger partial charge in [0.1, 0.15) is 23.1 Å². The molecule has 1 saturated carbocycles. The summed E-state index contributed by atoms with van der Waals surface area (Å²) in [5, 5.41) is 24.8. The van der Waals surface area contributed by atoms with Crippen LogP contribution in [-0.4, -0.2) is 71.9 Å². The monoisotopic (exact) mass is 506 g/mol. The minimum Gasteiger partial charge on any atom is -0.481 e. The van der Waals surface area contributed by atoms with E-state index in [1.54, 1.807) is 12.1 Å². The highest BCUT2D eigenvalue weighted by Gasteiger charge is 2.36. The average Bonchev–Trinajstić information content (AvgIpc) is 3.62. The number of thiazole rings is 1. The second-order valence-corrected chi connectivity index (χ2v) is 10.7. The molecule has 3 aromatic rings. The van der Waals surface area contributed by atoms with E-state index in [9.17, 15) is 18.3 Å². The zero-order valence-corrected chi connectivity index (χ0v) is 19.7. The first-order chi connectivity index (χ1) is 16.3. The van der Waals surface area contributed by atoms with E-state index in [-0.39, 0.29) is 27.6 Å². The lowest BCUT2D eigenvalue weighted by Crippen LogP contribution is -2.25. The standard InChI is InChI=1S/C21H22N4O7S2/c1-31-17-9-8-16-20(23-17)33-21(22-16)24-19(28)18(25-32-11-13(27)10-26)12-2-4-14(5-3-12)34(29,30)15-6-7-15/h2-5,8-9,13,15,26-27H,6-7,10-11H2,1H3,(H,22,24,28)/b25-18+/t13-/m1/s1.